The van der Waals surface area contributed by atoms with E-state index in [1.807, 2.05) is 20.0 Å². The molecule has 1 aliphatic heterocycles. The summed E-state index contributed by atoms with van der Waals surface area (Å²) in [5, 5.41) is 0. The van der Waals surface area contributed by atoms with E-state index < -0.39 is 0 Å². The van der Waals surface area contributed by atoms with Crippen LogP contribution in [0.5, 0.6) is 0 Å². The number of imidazole rings is 1. The number of esters is 1. The molecule has 0 radical (unpaired) electrons. The van der Waals surface area contributed by atoms with Crippen LogP contribution in [0.2, 0.25) is 0 Å². The van der Waals surface area contributed by atoms with Gasteiger partial charge in [-0.15, -0.1) is 0 Å². The quantitative estimate of drug-likeness (QED) is 0.706. The number of nitrogens with zero attached hydrogens (tertiary/aromatic N) is 3. The number of fused-ring (bicyclic) bond motifs is 1. The highest BCUT2D eigenvalue weighted by atomic mass is 16.5. The van der Waals surface area contributed by atoms with Gasteiger partial charge in [-0.05, 0) is 13.8 Å². The molecule has 2 heterocycles. The van der Waals surface area contributed by atoms with Gasteiger partial charge in [-0.2, -0.15) is 0 Å². The Morgan fingerprint density at radius 1 is 1.62 bits per heavy atom. The number of rotatable bonds is 3. The average molecular weight is 223 g/mol. The number of hydrogen-bond donors (Lipinski definition) is 0. The van der Waals surface area contributed by atoms with Crippen LogP contribution in [0, 0.1) is 0 Å². The van der Waals surface area contributed by atoms with Crippen LogP contribution in [0.1, 0.15) is 19.7 Å². The second kappa shape index (κ2) is 4.65. The first-order chi connectivity index (χ1) is 7.72. The smallest absolute Gasteiger partial charge is 0.323 e. The molecule has 0 aliphatic carbocycles. The summed E-state index contributed by atoms with van der Waals surface area (Å²) < 4.78 is 7.14. The van der Waals surface area contributed by atoms with Crippen molar-refractivity contribution in [2.24, 2.45) is 0 Å². The van der Waals surface area contributed by atoms with Gasteiger partial charge in [0.05, 0.1) is 13.2 Å². The van der Waals surface area contributed by atoms with Crippen LogP contribution >= 0.6 is 0 Å². The van der Waals surface area contributed by atoms with Gasteiger partial charge in [0.2, 0.25) is 0 Å². The van der Waals surface area contributed by atoms with E-state index in [9.17, 15) is 4.79 Å². The lowest BCUT2D eigenvalue weighted by Gasteiger charge is -2.31. The van der Waals surface area contributed by atoms with Gasteiger partial charge in [0.1, 0.15) is 11.9 Å². The number of hydrogen-bond acceptors (Lipinski definition) is 4. The molecule has 5 nitrogen and oxygen atoms in total. The first kappa shape index (κ1) is 11.1. The molecule has 0 fully saturated rings. The molecule has 5 heteroatoms. The van der Waals surface area contributed by atoms with E-state index in [0.29, 0.717) is 13.2 Å². The molecule has 0 saturated heterocycles. The molecule has 88 valence electrons. The molecular formula is C11H17N3O2. The van der Waals surface area contributed by atoms with Crippen molar-refractivity contribution in [2.75, 3.05) is 13.2 Å². The zero-order valence-corrected chi connectivity index (χ0v) is 9.72. The minimum Gasteiger partial charge on any atom is -0.465 e. The van der Waals surface area contributed by atoms with Crippen molar-refractivity contribution in [3.8, 4) is 0 Å². The highest BCUT2D eigenvalue weighted by Gasteiger charge is 2.26. The average Bonchev–Trinajstić information content (AvgIpc) is 2.75. The molecule has 0 spiro atoms. The summed E-state index contributed by atoms with van der Waals surface area (Å²) in [7, 11) is 0. The Bertz CT molecular complexity index is 375. The molecule has 2 rings (SSSR count). The summed E-state index contributed by atoms with van der Waals surface area (Å²) in [6.07, 6.45) is 3.77. The Labute approximate surface area is 95.0 Å². The fourth-order valence-electron chi connectivity index (χ4n) is 1.93. The van der Waals surface area contributed by atoms with E-state index in [-0.39, 0.29) is 12.0 Å². The van der Waals surface area contributed by atoms with E-state index in [1.165, 1.54) is 0 Å². The van der Waals surface area contributed by atoms with Crippen LogP contribution in [-0.2, 0) is 22.6 Å². The van der Waals surface area contributed by atoms with E-state index in [4.69, 9.17) is 4.74 Å². The van der Waals surface area contributed by atoms with Crippen LogP contribution < -0.4 is 0 Å². The maximum absolute atomic E-state index is 11.6. The van der Waals surface area contributed by atoms with E-state index in [2.05, 4.69) is 14.5 Å². The lowest BCUT2D eigenvalue weighted by molar-refractivity contribution is -0.149. The molecule has 1 aromatic rings. The molecule has 1 unspecified atom stereocenters. The minimum absolute atomic E-state index is 0.150. The van der Waals surface area contributed by atoms with Gasteiger partial charge in [-0.25, -0.2) is 4.98 Å². The third kappa shape index (κ3) is 2.09. The van der Waals surface area contributed by atoms with Gasteiger partial charge >= 0.3 is 5.97 Å². The zero-order valence-electron chi connectivity index (χ0n) is 9.72. The maximum Gasteiger partial charge on any atom is 0.323 e. The van der Waals surface area contributed by atoms with Gasteiger partial charge in [0.15, 0.2) is 0 Å². The predicted octanol–water partition coefficient (Wildman–Crippen LogP) is 0.650. The van der Waals surface area contributed by atoms with Gasteiger partial charge in [-0.3, -0.25) is 9.69 Å². The van der Waals surface area contributed by atoms with Crippen LogP contribution in [0.4, 0.5) is 0 Å². The van der Waals surface area contributed by atoms with E-state index in [0.717, 1.165) is 18.9 Å². The first-order valence-electron chi connectivity index (χ1n) is 5.63. The standard InChI is InChI=1S/C11H17N3O2/c1-3-16-11(15)9(2)14-7-6-13-5-4-12-10(13)8-14/h4-5,9H,3,6-8H2,1-2H3. The van der Waals surface area contributed by atoms with Gasteiger partial charge in [0, 0.05) is 25.5 Å². The molecule has 0 N–H and O–H groups in total. The SMILES string of the molecule is CCOC(=O)C(C)N1CCn2ccnc2C1. The first-order valence-corrected chi connectivity index (χ1v) is 5.63. The van der Waals surface area contributed by atoms with Gasteiger partial charge in [0.25, 0.3) is 0 Å². The topological polar surface area (TPSA) is 47.4 Å². The number of ether oxygens (including phenoxy) is 1. The summed E-state index contributed by atoms with van der Waals surface area (Å²) in [5.74, 6) is 0.866. The van der Waals surface area contributed by atoms with Crippen LogP contribution in [0.3, 0.4) is 0 Å². The molecule has 0 bridgehead atoms. The number of aromatic nitrogens is 2. The Kier molecular flexibility index (Phi) is 3.24. The normalized spacial score (nSPS) is 17.9. The van der Waals surface area contributed by atoms with Gasteiger partial charge in [-0.1, -0.05) is 0 Å². The largest absolute Gasteiger partial charge is 0.465 e. The summed E-state index contributed by atoms with van der Waals surface area (Å²) in [6.45, 7) is 6.62. The van der Waals surface area contributed by atoms with Crippen molar-refractivity contribution in [1.82, 2.24) is 14.5 Å². The highest BCUT2D eigenvalue weighted by molar-refractivity contribution is 5.75. The lowest BCUT2D eigenvalue weighted by Crippen LogP contribution is -2.44. The van der Waals surface area contributed by atoms with Crippen molar-refractivity contribution >= 4 is 5.97 Å². The maximum atomic E-state index is 11.6. The van der Waals surface area contributed by atoms with Crippen molar-refractivity contribution in [3.63, 3.8) is 0 Å². The monoisotopic (exact) mass is 223 g/mol. The summed E-state index contributed by atoms with van der Waals surface area (Å²) in [5.41, 5.74) is 0. The molecule has 0 amide bonds. The zero-order chi connectivity index (χ0) is 11.5. The number of carbonyl (C=O) groups is 1. The summed E-state index contributed by atoms with van der Waals surface area (Å²) in [4.78, 5) is 18.0. The van der Waals surface area contributed by atoms with Crippen LogP contribution in [-0.4, -0.2) is 39.6 Å². The molecule has 1 aliphatic rings. The molecule has 1 atom stereocenters. The van der Waals surface area contributed by atoms with Crippen molar-refractivity contribution < 1.29 is 9.53 Å². The second-order valence-electron chi connectivity index (χ2n) is 3.94. The molecular weight excluding hydrogens is 206 g/mol. The van der Waals surface area contributed by atoms with Crippen LogP contribution in [0.15, 0.2) is 12.4 Å². The Balaban J connectivity index is 2.00. The Morgan fingerprint density at radius 3 is 3.19 bits per heavy atom. The molecule has 1 aromatic heterocycles. The predicted molar refractivity (Wildman–Crippen MR) is 58.7 cm³/mol. The van der Waals surface area contributed by atoms with Crippen LogP contribution in [0.25, 0.3) is 0 Å². The fourth-order valence-corrected chi connectivity index (χ4v) is 1.93. The molecule has 16 heavy (non-hydrogen) atoms. The van der Waals surface area contributed by atoms with Crippen molar-refractivity contribution in [3.05, 3.63) is 18.2 Å². The summed E-state index contributed by atoms with van der Waals surface area (Å²) >= 11 is 0. The Hall–Kier alpha value is -1.36. The van der Waals surface area contributed by atoms with Crippen molar-refractivity contribution in [2.45, 2.75) is 33.0 Å². The van der Waals surface area contributed by atoms with E-state index >= 15 is 0 Å². The summed E-state index contributed by atoms with van der Waals surface area (Å²) in [6, 6.07) is -0.189. The lowest BCUT2D eigenvalue weighted by atomic mass is 10.2. The number of carbonyl (C=O) groups excluding carboxylic acids is 1. The fraction of sp³-hybridized carbons (Fsp3) is 0.636. The third-order valence-electron chi connectivity index (χ3n) is 2.95. The van der Waals surface area contributed by atoms with Gasteiger partial charge < -0.3 is 9.30 Å². The Morgan fingerprint density at radius 2 is 2.44 bits per heavy atom. The minimum atomic E-state index is -0.189. The third-order valence-corrected chi connectivity index (χ3v) is 2.95. The molecule has 0 aromatic carbocycles. The van der Waals surface area contributed by atoms with Crippen molar-refractivity contribution in [1.29, 1.82) is 0 Å². The molecule has 0 saturated carbocycles. The van der Waals surface area contributed by atoms with E-state index in [1.54, 1.807) is 6.20 Å². The highest BCUT2D eigenvalue weighted by Crippen LogP contribution is 2.13. The second-order valence-corrected chi connectivity index (χ2v) is 3.94.